The summed E-state index contributed by atoms with van der Waals surface area (Å²) in [5, 5.41) is 17.6. The zero-order chi connectivity index (χ0) is 53.2. The van der Waals surface area contributed by atoms with Crippen LogP contribution >= 0.6 is 11.6 Å². The predicted octanol–water partition coefficient (Wildman–Crippen LogP) is 9.66. The van der Waals surface area contributed by atoms with Gasteiger partial charge in [0.1, 0.15) is 23.1 Å². The van der Waals surface area contributed by atoms with Crippen molar-refractivity contribution in [3.8, 4) is 34.4 Å². The fraction of sp³-hybridized carbons (Fsp3) is 0.0566. The van der Waals surface area contributed by atoms with Gasteiger partial charge in [0, 0.05) is 61.0 Å². The molecule has 20 nitrogen and oxygen atoms in total. The summed E-state index contributed by atoms with van der Waals surface area (Å²) in [4.78, 5) is 66.3. The molecule has 0 saturated carbocycles. The van der Waals surface area contributed by atoms with E-state index in [9.17, 15) is 28.0 Å². The van der Waals surface area contributed by atoms with E-state index < -0.39 is 33.9 Å². The van der Waals surface area contributed by atoms with Crippen LogP contribution in [0.25, 0.3) is 33.4 Å². The smallest absolute Gasteiger partial charge is 0.299 e. The van der Waals surface area contributed by atoms with Crippen molar-refractivity contribution in [1.82, 2.24) is 48.6 Å². The van der Waals surface area contributed by atoms with Crippen molar-refractivity contribution in [3.63, 3.8) is 0 Å². The van der Waals surface area contributed by atoms with Crippen LogP contribution in [0.5, 0.6) is 23.0 Å². The van der Waals surface area contributed by atoms with Crippen molar-refractivity contribution >= 4 is 79.5 Å². The quantitative estimate of drug-likeness (QED) is 0.0477. The third-order valence-electron chi connectivity index (χ3n) is 10.3. The van der Waals surface area contributed by atoms with Gasteiger partial charge in [0.2, 0.25) is 23.0 Å². The van der Waals surface area contributed by atoms with Gasteiger partial charge in [0.05, 0.1) is 35.1 Å². The van der Waals surface area contributed by atoms with Gasteiger partial charge in [0.15, 0.2) is 22.8 Å². The number of carbonyl (C=O) groups is 2. The number of amides is 1. The van der Waals surface area contributed by atoms with Crippen LogP contribution in [0.15, 0.2) is 181 Å². The van der Waals surface area contributed by atoms with E-state index in [-0.39, 0.29) is 30.6 Å². The summed E-state index contributed by atoms with van der Waals surface area (Å²) in [7, 11) is 3.58. The first kappa shape index (κ1) is 53.4. The first-order chi connectivity index (χ1) is 36.1. The van der Waals surface area contributed by atoms with Crippen LogP contribution in [-0.4, -0.2) is 59.8 Å². The summed E-state index contributed by atoms with van der Waals surface area (Å²) in [5.74, 6) is -0.0622. The van der Waals surface area contributed by atoms with E-state index in [1.807, 2.05) is 0 Å². The monoisotopic (exact) mass is 1050 g/mol. The molecule has 5 N–H and O–H groups in total. The maximum Gasteiger partial charge on any atom is 0.299 e. The normalized spacial score (nSPS) is 10.4. The zero-order valence-electron chi connectivity index (χ0n) is 39.6. The van der Waals surface area contributed by atoms with E-state index in [0.29, 0.717) is 67.9 Å². The first-order valence-corrected chi connectivity index (χ1v) is 22.5. The molecule has 1 amide bonds. The molecule has 6 heterocycles. The van der Waals surface area contributed by atoms with Crippen LogP contribution in [0.2, 0.25) is 0 Å². The molecule has 0 aliphatic rings. The van der Waals surface area contributed by atoms with E-state index >= 15 is 0 Å². The Bertz CT molecular complexity index is 3880. The highest BCUT2D eigenvalue weighted by atomic mass is 35.5. The highest BCUT2D eigenvalue weighted by Crippen LogP contribution is 2.28. The molecule has 0 fully saturated rings. The van der Waals surface area contributed by atoms with E-state index in [2.05, 4.69) is 59.2 Å². The Morgan fingerprint density at radius 1 is 0.632 bits per heavy atom. The Hall–Kier alpha value is -10.4. The molecule has 4 aromatic carbocycles. The van der Waals surface area contributed by atoms with Crippen LogP contribution in [-0.2, 0) is 23.7 Å². The SMILES string of the molecule is C.C=CC(=O)Cl.C=CC(=O)Nc1cccc(-n2c(=O)c(Oc3ccc(F)cc3)cc3cnc(Nc4cnn(C)c4)nc32)c1.Cn1cc(Nc2ncc3cc(Oc4ccc(F)cc4)c(=O)n(-c4cccc(N)c4)c3n2)cn1. The minimum absolute atomic E-state index is 0. The Kier molecular flexibility index (Phi) is 16.8. The van der Waals surface area contributed by atoms with Crippen LogP contribution in [0.1, 0.15) is 7.43 Å². The number of aryl methyl sites for hydroxylation is 2. The second-order valence-corrected chi connectivity index (χ2v) is 16.1. The third kappa shape index (κ3) is 13.2. The maximum atomic E-state index is 13.7. The summed E-state index contributed by atoms with van der Waals surface area (Å²) in [6, 6.07) is 27.4. The summed E-state index contributed by atoms with van der Waals surface area (Å²) in [6.45, 7) is 6.54. The summed E-state index contributed by atoms with van der Waals surface area (Å²) in [5.41, 5.74) is 8.89. The largest absolute Gasteiger partial charge is 0.452 e. The minimum atomic E-state index is -0.518. The Balaban J connectivity index is 0.000000202. The molecule has 10 rings (SSSR count). The average Bonchev–Trinajstić information content (AvgIpc) is 4.01. The summed E-state index contributed by atoms with van der Waals surface area (Å²) < 4.78 is 44.3. The molecule has 0 bridgehead atoms. The van der Waals surface area contributed by atoms with Crippen LogP contribution in [0.3, 0.4) is 0 Å². The molecule has 76 heavy (non-hydrogen) atoms. The molecular weight excluding hydrogens is 1000 g/mol. The van der Waals surface area contributed by atoms with Gasteiger partial charge in [-0.05, 0) is 121 Å². The van der Waals surface area contributed by atoms with E-state index in [1.54, 1.807) is 115 Å². The van der Waals surface area contributed by atoms with E-state index in [0.717, 1.165) is 12.2 Å². The third-order valence-corrected chi connectivity index (χ3v) is 10.4. The van der Waals surface area contributed by atoms with Gasteiger partial charge in [0.25, 0.3) is 11.1 Å². The fourth-order valence-electron chi connectivity index (χ4n) is 6.96. The lowest BCUT2D eigenvalue weighted by Gasteiger charge is -2.14. The first-order valence-electron chi connectivity index (χ1n) is 22.1. The number of hydrogen-bond donors (Lipinski definition) is 4. The fourth-order valence-corrected chi connectivity index (χ4v) is 6.96. The average molecular weight is 1050 g/mol. The van der Waals surface area contributed by atoms with Gasteiger partial charge < -0.3 is 31.2 Å². The van der Waals surface area contributed by atoms with Crippen molar-refractivity contribution in [2.75, 3.05) is 21.7 Å². The molecule has 0 unspecified atom stereocenters. The molecule has 10 aromatic rings. The molecule has 0 aliphatic carbocycles. The number of carbonyl (C=O) groups excluding carboxylic acids is 2. The topological polar surface area (TPSA) is 246 Å². The molecule has 0 aliphatic heterocycles. The summed E-state index contributed by atoms with van der Waals surface area (Å²) >= 11 is 4.71. The number of halogens is 3. The van der Waals surface area contributed by atoms with Gasteiger partial charge in [-0.15, -0.1) is 0 Å². The number of pyridine rings is 2. The van der Waals surface area contributed by atoms with Gasteiger partial charge in [-0.2, -0.15) is 20.2 Å². The zero-order valence-corrected chi connectivity index (χ0v) is 40.3. The highest BCUT2D eigenvalue weighted by Gasteiger charge is 2.18. The lowest BCUT2D eigenvalue weighted by Crippen LogP contribution is -2.21. The molecule has 384 valence electrons. The van der Waals surface area contributed by atoms with Crippen molar-refractivity contribution in [2.24, 2.45) is 14.1 Å². The Labute approximate surface area is 436 Å². The lowest BCUT2D eigenvalue weighted by molar-refractivity contribution is -0.112. The lowest BCUT2D eigenvalue weighted by atomic mass is 10.2. The molecule has 0 saturated heterocycles. The molecule has 0 spiro atoms. The van der Waals surface area contributed by atoms with Gasteiger partial charge in [-0.3, -0.25) is 37.7 Å². The number of ether oxygens (including phenoxy) is 2. The van der Waals surface area contributed by atoms with Crippen LogP contribution in [0, 0.1) is 11.6 Å². The highest BCUT2D eigenvalue weighted by molar-refractivity contribution is 6.66. The van der Waals surface area contributed by atoms with E-state index in [4.69, 9.17) is 26.8 Å². The summed E-state index contributed by atoms with van der Waals surface area (Å²) in [6.07, 6.45) is 12.1. The van der Waals surface area contributed by atoms with Crippen molar-refractivity contribution in [2.45, 2.75) is 7.43 Å². The van der Waals surface area contributed by atoms with Crippen LogP contribution < -0.4 is 42.3 Å². The molecule has 0 atom stereocenters. The number of nitrogens with two attached hydrogens (primary N) is 1. The number of allylic oxidation sites excluding steroid dienone is 1. The molecule has 6 aromatic heterocycles. The maximum absolute atomic E-state index is 13.7. The van der Waals surface area contributed by atoms with Gasteiger partial charge in [-0.25, -0.2) is 18.7 Å². The number of hydrogen-bond acceptors (Lipinski definition) is 15. The number of nitrogens with zero attached hydrogens (tertiary/aromatic N) is 10. The van der Waals surface area contributed by atoms with Crippen molar-refractivity contribution in [3.05, 3.63) is 204 Å². The number of anilines is 6. The predicted molar refractivity (Wildman–Crippen MR) is 287 cm³/mol. The minimum Gasteiger partial charge on any atom is -0.452 e. The molecule has 23 heteroatoms. The number of fused-ring (bicyclic) bond motifs is 2. The number of nitrogen functional groups attached to an aromatic ring is 1. The van der Waals surface area contributed by atoms with Crippen molar-refractivity contribution < 1.29 is 27.8 Å². The van der Waals surface area contributed by atoms with Crippen molar-refractivity contribution in [1.29, 1.82) is 0 Å². The Morgan fingerprint density at radius 3 is 1.49 bits per heavy atom. The number of benzene rings is 4. The van der Waals surface area contributed by atoms with E-state index in [1.165, 1.54) is 63.7 Å². The Morgan fingerprint density at radius 2 is 1.08 bits per heavy atom. The number of rotatable bonds is 13. The van der Waals surface area contributed by atoms with Crippen LogP contribution in [0.4, 0.5) is 43.4 Å². The molecule has 0 radical (unpaired) electrons. The van der Waals surface area contributed by atoms with Gasteiger partial charge in [-0.1, -0.05) is 32.7 Å². The van der Waals surface area contributed by atoms with Gasteiger partial charge >= 0.3 is 0 Å². The number of nitrogens with one attached hydrogen (secondary N) is 3. The number of aromatic nitrogens is 10. The second-order valence-electron chi connectivity index (χ2n) is 15.8. The molecular formula is C53H45ClF2N14O6. The standard InChI is InChI=1S/C26H20FN7O3.C23H18FN7O2.C3H3ClO.CH4/c1-3-23(35)30-18-5-4-6-20(12-18)34-24-16(13-28-26(32-24)31-19-14-29-33(2)15-19)11-22(25(34)36)37-21-9-7-17(27)8-10-21;1-30-13-17(12-27-30)28-23-26-11-14-9-20(33-19-7-5-15(24)6-8-19)22(32)31(21(14)29-23)18-4-2-3-16(25)10-18;1-2-3(4)5;/h3-15H,1H2,2H3,(H,30,35)(H,28,31,32);2-13H,25H2,1H3,(H,26,28,29);2H,1H2;1H4. The second kappa shape index (κ2) is 23.9.